The van der Waals surface area contributed by atoms with Crippen molar-refractivity contribution in [3.05, 3.63) is 29.3 Å². The molecule has 0 aliphatic carbocycles. The Kier molecular flexibility index (Phi) is 3.81. The van der Waals surface area contributed by atoms with E-state index < -0.39 is 6.48 Å². The quantitative estimate of drug-likeness (QED) is 0.649. The van der Waals surface area contributed by atoms with Crippen molar-refractivity contribution in [3.8, 4) is 18.1 Å². The van der Waals surface area contributed by atoms with Crippen LogP contribution in [-0.4, -0.2) is 23.6 Å². The molecule has 1 spiro atoms. The van der Waals surface area contributed by atoms with Gasteiger partial charge in [-0.2, -0.15) is 0 Å². The zero-order valence-electron chi connectivity index (χ0n) is 13.8. The molecule has 4 rings (SSSR count). The third-order valence-corrected chi connectivity index (χ3v) is 6.41. The Bertz CT molecular complexity index is 689. The van der Waals surface area contributed by atoms with Gasteiger partial charge in [-0.1, -0.05) is 50.5 Å². The van der Waals surface area contributed by atoms with Gasteiger partial charge < -0.3 is 15.0 Å². The van der Waals surface area contributed by atoms with Crippen molar-refractivity contribution in [2.24, 2.45) is 0 Å². The van der Waals surface area contributed by atoms with Crippen molar-refractivity contribution in [1.29, 1.82) is 0 Å². The largest absolute Gasteiger partial charge is 0.673 e. The molecule has 0 radical (unpaired) electrons. The maximum absolute atomic E-state index is 12.5. The Morgan fingerprint density at radius 2 is 1.92 bits per heavy atom. The number of hydrogen-bond donors (Lipinski definition) is 2. The smallest absolute Gasteiger partial charge is 0.273 e. The molecule has 2 bridgehead atoms. The van der Waals surface area contributed by atoms with Crippen LogP contribution in [0.15, 0.2) is 18.2 Å². The van der Waals surface area contributed by atoms with E-state index in [9.17, 15) is 9.90 Å². The molecule has 3 saturated heterocycles. The van der Waals surface area contributed by atoms with Crippen LogP contribution >= 0.6 is 0 Å². The molecule has 2 N–H and O–H groups in total. The van der Waals surface area contributed by atoms with Crippen LogP contribution in [0.5, 0.6) is 5.75 Å². The predicted molar refractivity (Wildman–Crippen MR) is 93.7 cm³/mol. The van der Waals surface area contributed by atoms with E-state index in [4.69, 9.17) is 11.1 Å². The van der Waals surface area contributed by atoms with Gasteiger partial charge in [-0.15, -0.1) is 18.1 Å². The molecule has 4 nitrogen and oxygen atoms in total. The summed E-state index contributed by atoms with van der Waals surface area (Å²) in [5.74, 6) is 3.47. The molecule has 0 unspecified atom stereocenters. The van der Waals surface area contributed by atoms with Crippen molar-refractivity contribution in [2.45, 2.75) is 62.6 Å². The normalized spacial score (nSPS) is 34.8. The molecule has 3 fully saturated rings. The Balaban J connectivity index is 1.56. The van der Waals surface area contributed by atoms with Crippen molar-refractivity contribution in [3.63, 3.8) is 0 Å². The number of aromatic hydroxyl groups is 1. The highest BCUT2D eigenvalue weighted by Crippen LogP contribution is 2.53. The van der Waals surface area contributed by atoms with E-state index in [1.807, 2.05) is 6.07 Å². The molecule has 1 aromatic rings. The number of carbonyl (C=O) groups is 1. The Labute approximate surface area is 142 Å². The number of nitrogens with one attached hydrogen (secondary N) is 1. The van der Waals surface area contributed by atoms with Crippen molar-refractivity contribution in [1.82, 2.24) is 5.23 Å². The second-order valence-corrected chi connectivity index (χ2v) is 7.65. The fourth-order valence-corrected chi connectivity index (χ4v) is 5.31. The highest BCUT2D eigenvalue weighted by Gasteiger charge is 2.53. The molecule has 0 amide bonds. The van der Waals surface area contributed by atoms with Crippen LogP contribution < -0.4 is 5.23 Å². The van der Waals surface area contributed by atoms with Gasteiger partial charge in [-0.05, 0) is 24.1 Å². The summed E-state index contributed by atoms with van der Waals surface area (Å²) in [6.45, 7) is -1.22. The summed E-state index contributed by atoms with van der Waals surface area (Å²) in [5.41, 5.74) is 1.41. The van der Waals surface area contributed by atoms with Crippen LogP contribution in [-0.2, 0) is 15.9 Å². The molecule has 0 saturated carbocycles. The van der Waals surface area contributed by atoms with Gasteiger partial charge in [0, 0.05) is 0 Å². The first kappa shape index (κ1) is 15.6. The van der Waals surface area contributed by atoms with Gasteiger partial charge in [0.2, 0.25) is 6.48 Å². The fraction of sp³-hybridized carbons (Fsp3) is 0.526. The molecular weight excluding hydrogens is 301 g/mol. The molecule has 24 heavy (non-hydrogen) atoms. The number of phenols is 1. The van der Waals surface area contributed by atoms with Crippen LogP contribution in [0.3, 0.4) is 0 Å². The molecule has 0 aromatic heterocycles. The Morgan fingerprint density at radius 1 is 1.25 bits per heavy atom. The predicted octanol–water partition coefficient (Wildman–Crippen LogP) is 2.98. The van der Waals surface area contributed by atoms with E-state index in [0.717, 1.165) is 5.56 Å². The summed E-state index contributed by atoms with van der Waals surface area (Å²) in [4.78, 5) is 12.5. The lowest BCUT2D eigenvalue weighted by Crippen LogP contribution is -2.60. The van der Waals surface area contributed by atoms with E-state index in [2.05, 4.69) is 11.1 Å². The number of benzene rings is 1. The third kappa shape index (κ3) is 2.41. The van der Waals surface area contributed by atoms with Gasteiger partial charge in [-0.25, -0.2) is 0 Å². The van der Waals surface area contributed by atoms with Crippen LogP contribution in [0.1, 0.15) is 49.7 Å². The van der Waals surface area contributed by atoms with Crippen molar-refractivity contribution >= 4 is 12.5 Å². The van der Waals surface area contributed by atoms with Crippen molar-refractivity contribution < 1.29 is 14.6 Å². The summed E-state index contributed by atoms with van der Waals surface area (Å²) >= 11 is 0. The molecule has 1 atom stereocenters. The van der Waals surface area contributed by atoms with Gasteiger partial charge in [0.05, 0.1) is 11.6 Å². The number of carbonyl (C=O) groups excluding carboxylic acids is 1. The van der Waals surface area contributed by atoms with Crippen LogP contribution in [0.2, 0.25) is 11.6 Å². The number of rotatable bonds is 2. The minimum absolute atomic E-state index is 0.103. The number of terminal acetylenes is 1. The fourth-order valence-electron chi connectivity index (χ4n) is 5.31. The van der Waals surface area contributed by atoms with Gasteiger partial charge in [0.25, 0.3) is 5.97 Å². The average molecular weight is 324 g/mol. The van der Waals surface area contributed by atoms with Crippen LogP contribution in [0.4, 0.5) is 0 Å². The molecule has 126 valence electrons. The molecule has 1 aromatic carbocycles. The topological polar surface area (TPSA) is 58.6 Å². The van der Waals surface area contributed by atoms with Gasteiger partial charge >= 0.3 is 0 Å². The lowest BCUT2D eigenvalue weighted by atomic mass is 9.28. The second kappa shape index (κ2) is 5.86. The lowest BCUT2D eigenvalue weighted by Gasteiger charge is -2.55. The van der Waals surface area contributed by atoms with E-state index in [-0.39, 0.29) is 17.8 Å². The molecule has 5 heteroatoms. The highest BCUT2D eigenvalue weighted by atomic mass is 16.5. The maximum atomic E-state index is 12.5. The number of phenolic OH excluding ortho intramolecular Hbond substituents is 1. The average Bonchev–Trinajstić information content (AvgIpc) is 2.85. The maximum Gasteiger partial charge on any atom is 0.273 e. The van der Waals surface area contributed by atoms with Gasteiger partial charge in [-0.3, -0.25) is 4.79 Å². The minimum Gasteiger partial charge on any atom is -0.673 e. The lowest BCUT2D eigenvalue weighted by molar-refractivity contribution is -0.134. The number of hydrogen-bond acceptors (Lipinski definition) is 4. The monoisotopic (exact) mass is 324 g/mol. The van der Waals surface area contributed by atoms with Crippen LogP contribution in [0.25, 0.3) is 0 Å². The molecule has 3 aliphatic rings. The van der Waals surface area contributed by atoms with Gasteiger partial charge in [0.15, 0.2) is 0 Å². The Hall–Kier alpha value is -1.93. The first-order chi connectivity index (χ1) is 11.6. The van der Waals surface area contributed by atoms with E-state index >= 15 is 0 Å². The van der Waals surface area contributed by atoms with Crippen LogP contribution in [0, 0.1) is 12.3 Å². The van der Waals surface area contributed by atoms with Gasteiger partial charge in [0.1, 0.15) is 5.75 Å². The summed E-state index contributed by atoms with van der Waals surface area (Å²) in [6.07, 6.45) is 13.2. The molecule has 3 aliphatic heterocycles. The van der Waals surface area contributed by atoms with E-state index in [0.29, 0.717) is 23.6 Å². The second-order valence-electron chi connectivity index (χ2n) is 7.65. The SMILES string of the molecule is C#Cc1cc(C[C@@H]2N[B-]3(OC2=O)C2CCCC3CCC2)ccc1O. The molecular formula is C19H23BNO3-. The zero-order chi connectivity index (χ0) is 16.7. The molecule has 3 heterocycles. The van der Waals surface area contributed by atoms with Crippen molar-refractivity contribution in [2.75, 3.05) is 0 Å². The van der Waals surface area contributed by atoms with E-state index in [1.54, 1.807) is 12.1 Å². The third-order valence-electron chi connectivity index (χ3n) is 6.41. The summed E-state index contributed by atoms with van der Waals surface area (Å²) in [5, 5.41) is 13.3. The van der Waals surface area contributed by atoms with E-state index in [1.165, 1.54) is 38.5 Å². The minimum atomic E-state index is -1.22. The highest BCUT2D eigenvalue weighted by molar-refractivity contribution is 6.77. The first-order valence-corrected chi connectivity index (χ1v) is 9.07. The Morgan fingerprint density at radius 3 is 2.54 bits per heavy atom. The summed E-state index contributed by atoms with van der Waals surface area (Å²) in [6, 6.07) is 4.90. The first-order valence-electron chi connectivity index (χ1n) is 9.07. The zero-order valence-corrected chi connectivity index (χ0v) is 13.8. The summed E-state index contributed by atoms with van der Waals surface area (Å²) < 4.78 is 6.04. The standard InChI is InChI=1S/C19H23BNO3/c1-2-14-11-13(9-10-18(14)22)12-17-19(23)24-20(21-17)15-5-3-6-16(20)8-4-7-15/h1,9-11,15-17,21-22H,3-8,12H2/q-1/t15?,16?,17-,20?/m0/s1. The summed E-state index contributed by atoms with van der Waals surface area (Å²) in [7, 11) is 0.